The van der Waals surface area contributed by atoms with E-state index in [0.717, 1.165) is 11.4 Å². The molecule has 0 aromatic heterocycles. The van der Waals surface area contributed by atoms with Crippen molar-refractivity contribution < 1.29 is 23.1 Å². The second kappa shape index (κ2) is 5.96. The van der Waals surface area contributed by atoms with Gasteiger partial charge in [-0.3, -0.25) is 9.59 Å². The molecule has 9 nitrogen and oxygen atoms in total. The maximum atomic E-state index is 13.0. The van der Waals surface area contributed by atoms with Crippen LogP contribution in [0.1, 0.15) is 12.8 Å². The van der Waals surface area contributed by atoms with Crippen LogP contribution in [0.3, 0.4) is 0 Å². The summed E-state index contributed by atoms with van der Waals surface area (Å²) in [5, 5.41) is 9.25. The second-order valence-electron chi connectivity index (χ2n) is 6.47. The van der Waals surface area contributed by atoms with Crippen LogP contribution in [0.15, 0.2) is 31.8 Å². The summed E-state index contributed by atoms with van der Waals surface area (Å²) in [6.07, 6.45) is 0.691. The van der Waals surface area contributed by atoms with E-state index in [1.54, 1.807) is 12.1 Å². The summed E-state index contributed by atoms with van der Waals surface area (Å²) < 4.78 is 35.4. The number of fused-ring (bicyclic) bond motifs is 1. The largest absolute Gasteiger partial charge is 0.480 e. The van der Waals surface area contributed by atoms with E-state index in [1.807, 2.05) is 0 Å². The molecular formula is C15H16N4O5S2. The van der Waals surface area contributed by atoms with Gasteiger partial charge in [0.1, 0.15) is 21.7 Å². The van der Waals surface area contributed by atoms with Crippen molar-refractivity contribution in [3.05, 3.63) is 18.2 Å². The minimum Gasteiger partial charge on any atom is -0.480 e. The van der Waals surface area contributed by atoms with E-state index in [4.69, 9.17) is 0 Å². The molecule has 1 saturated carbocycles. The van der Waals surface area contributed by atoms with Crippen molar-refractivity contribution in [3.63, 3.8) is 0 Å². The van der Waals surface area contributed by atoms with E-state index in [2.05, 4.69) is 8.73 Å². The maximum Gasteiger partial charge on any atom is 0.319 e. The van der Waals surface area contributed by atoms with Crippen molar-refractivity contribution in [2.24, 2.45) is 14.1 Å². The highest BCUT2D eigenvalue weighted by Gasteiger charge is 2.58. The van der Waals surface area contributed by atoms with Crippen molar-refractivity contribution >= 4 is 44.6 Å². The first-order valence-corrected chi connectivity index (χ1v) is 10.3. The summed E-state index contributed by atoms with van der Waals surface area (Å²) in [5.41, 5.74) is -0.417. The Labute approximate surface area is 153 Å². The Hall–Kier alpha value is -2.11. The Bertz CT molecular complexity index is 972. The number of sulfonamides is 1. The number of rotatable bonds is 4. The second-order valence-corrected chi connectivity index (χ2v) is 8.91. The third kappa shape index (κ3) is 2.58. The van der Waals surface area contributed by atoms with Crippen molar-refractivity contribution in [1.29, 1.82) is 0 Å². The van der Waals surface area contributed by atoms with Gasteiger partial charge in [-0.2, -0.15) is 13.0 Å². The van der Waals surface area contributed by atoms with Gasteiger partial charge in [0.25, 0.3) is 0 Å². The minimum absolute atomic E-state index is 0.104. The molecule has 0 unspecified atom stereocenters. The summed E-state index contributed by atoms with van der Waals surface area (Å²) in [6, 6.07) is 4.83. The van der Waals surface area contributed by atoms with Crippen LogP contribution in [0.4, 0.5) is 11.4 Å². The highest BCUT2D eigenvalue weighted by Crippen LogP contribution is 2.47. The molecule has 3 aliphatic rings. The molecule has 4 rings (SSSR count). The van der Waals surface area contributed by atoms with Gasteiger partial charge in [0.05, 0.1) is 11.4 Å². The summed E-state index contributed by atoms with van der Waals surface area (Å²) in [6.45, 7) is 0.603. The number of carbonyl (C=O) groups excluding carboxylic acids is 1. The predicted octanol–water partition coefficient (Wildman–Crippen LogP) is 1.11. The number of benzene rings is 1. The van der Waals surface area contributed by atoms with E-state index in [-0.39, 0.29) is 31.1 Å². The molecule has 26 heavy (non-hydrogen) atoms. The fraction of sp³-hybridized carbons (Fsp3) is 0.467. The Morgan fingerprint density at radius 2 is 1.81 bits per heavy atom. The quantitative estimate of drug-likeness (QED) is 0.777. The summed E-state index contributed by atoms with van der Waals surface area (Å²) >= 11 is 0.955. The topological polar surface area (TPSA) is 120 Å². The molecule has 1 N–H and O–H groups in total. The van der Waals surface area contributed by atoms with E-state index in [0.29, 0.717) is 24.2 Å². The van der Waals surface area contributed by atoms with Crippen molar-refractivity contribution in [2.75, 3.05) is 26.2 Å². The fourth-order valence-corrected chi connectivity index (χ4v) is 5.38. The van der Waals surface area contributed by atoms with Gasteiger partial charge in [-0.1, -0.05) is 6.07 Å². The maximum absolute atomic E-state index is 13.0. The molecule has 138 valence electrons. The van der Waals surface area contributed by atoms with Crippen molar-refractivity contribution in [2.45, 2.75) is 17.7 Å². The zero-order valence-corrected chi connectivity index (χ0v) is 15.3. The van der Waals surface area contributed by atoms with Gasteiger partial charge in [0.2, 0.25) is 15.9 Å². The molecule has 11 heteroatoms. The SMILES string of the molecule is O=C(O)C1(C(=O)N2CCN(S(=O)(=O)c3cccc4c3N=S=N4)CC2)CC1. The molecule has 1 saturated heterocycles. The smallest absolute Gasteiger partial charge is 0.319 e. The lowest BCUT2D eigenvalue weighted by Gasteiger charge is -2.35. The number of nitrogens with zero attached hydrogens (tertiary/aromatic N) is 4. The predicted molar refractivity (Wildman–Crippen MR) is 92.6 cm³/mol. The van der Waals surface area contributed by atoms with Gasteiger partial charge in [-0.05, 0) is 25.0 Å². The summed E-state index contributed by atoms with van der Waals surface area (Å²) in [4.78, 5) is 25.3. The van der Waals surface area contributed by atoms with Crippen LogP contribution >= 0.6 is 0 Å². The van der Waals surface area contributed by atoms with Gasteiger partial charge in [-0.15, -0.1) is 0 Å². The highest BCUT2D eigenvalue weighted by atomic mass is 32.2. The number of carbonyl (C=O) groups is 2. The van der Waals surface area contributed by atoms with Crippen LogP contribution < -0.4 is 0 Å². The van der Waals surface area contributed by atoms with Crippen LogP contribution in [0, 0.1) is 5.41 Å². The van der Waals surface area contributed by atoms with Gasteiger partial charge in [0.15, 0.2) is 0 Å². The molecule has 2 aliphatic heterocycles. The molecular weight excluding hydrogens is 380 g/mol. The molecule has 1 amide bonds. The summed E-state index contributed by atoms with van der Waals surface area (Å²) in [7, 11) is -3.76. The van der Waals surface area contributed by atoms with E-state index >= 15 is 0 Å². The third-order valence-electron chi connectivity index (χ3n) is 4.96. The monoisotopic (exact) mass is 396 g/mol. The molecule has 0 spiro atoms. The Morgan fingerprint density at radius 1 is 1.12 bits per heavy atom. The summed E-state index contributed by atoms with van der Waals surface area (Å²) in [5.74, 6) is -1.51. The van der Waals surface area contributed by atoms with Gasteiger partial charge < -0.3 is 10.0 Å². The normalized spacial score (nSPS) is 21.2. The lowest BCUT2D eigenvalue weighted by Crippen LogP contribution is -2.53. The molecule has 1 aromatic carbocycles. The number of carboxylic acids is 1. The van der Waals surface area contributed by atoms with E-state index in [9.17, 15) is 23.1 Å². The standard InChI is InChI=1S/C15H16N4O5S2/c20-13(15(4-5-15)14(21)22)18-6-8-19(9-7-18)26(23,24)11-3-1-2-10-12(11)17-25-16-10/h1-3H,4-9H2,(H,21,22). The molecule has 0 radical (unpaired) electrons. The number of aliphatic carboxylic acids is 1. The molecule has 2 heterocycles. The van der Waals surface area contributed by atoms with Gasteiger partial charge in [-0.25, -0.2) is 8.42 Å². The third-order valence-corrected chi connectivity index (χ3v) is 7.43. The molecule has 1 aliphatic carbocycles. The zero-order chi connectivity index (χ0) is 18.5. The first-order chi connectivity index (χ1) is 12.4. The van der Waals surface area contributed by atoms with E-state index in [1.165, 1.54) is 15.3 Å². The lowest BCUT2D eigenvalue weighted by atomic mass is 10.1. The average molecular weight is 396 g/mol. The van der Waals surface area contributed by atoms with Gasteiger partial charge in [0, 0.05) is 26.2 Å². The molecule has 0 atom stereocenters. The van der Waals surface area contributed by atoms with Crippen LogP contribution in [0.2, 0.25) is 0 Å². The number of piperazine rings is 1. The van der Waals surface area contributed by atoms with Crippen LogP contribution in [-0.4, -0.2) is 60.8 Å². The van der Waals surface area contributed by atoms with Crippen LogP contribution in [0.5, 0.6) is 0 Å². The number of hydrogen-bond acceptors (Lipinski definition) is 6. The Kier molecular flexibility index (Phi) is 3.97. The average Bonchev–Trinajstić information content (AvgIpc) is 3.32. The fourth-order valence-electron chi connectivity index (χ4n) is 3.21. The van der Waals surface area contributed by atoms with Crippen molar-refractivity contribution in [3.8, 4) is 0 Å². The van der Waals surface area contributed by atoms with E-state index < -0.39 is 27.3 Å². The first kappa shape index (κ1) is 17.3. The Balaban J connectivity index is 1.50. The van der Waals surface area contributed by atoms with Crippen LogP contribution in [0.25, 0.3) is 0 Å². The molecule has 2 fully saturated rings. The van der Waals surface area contributed by atoms with Crippen molar-refractivity contribution in [1.82, 2.24) is 9.21 Å². The number of hydrogen-bond donors (Lipinski definition) is 1. The highest BCUT2D eigenvalue weighted by molar-refractivity contribution is 7.89. The van der Waals surface area contributed by atoms with Crippen LogP contribution in [-0.2, 0) is 31.0 Å². The first-order valence-electron chi connectivity index (χ1n) is 8.10. The number of carboxylic acid groups (broad SMARTS) is 1. The molecule has 1 aromatic rings. The zero-order valence-electron chi connectivity index (χ0n) is 13.7. The Morgan fingerprint density at radius 3 is 2.42 bits per heavy atom. The number of amides is 1. The minimum atomic E-state index is -3.76. The lowest BCUT2D eigenvalue weighted by molar-refractivity contribution is -0.154. The molecule has 0 bridgehead atoms. The van der Waals surface area contributed by atoms with Gasteiger partial charge >= 0.3 is 5.97 Å².